The molecule has 1 rings (SSSR count). The number of alkyl halides is 1. The monoisotopic (exact) mass is 302 g/mol. The molecule has 0 aliphatic rings. The molecule has 0 aliphatic carbocycles. The highest BCUT2D eigenvalue weighted by Crippen LogP contribution is 2.20. The maximum atomic E-state index is 13.2. The zero-order chi connectivity index (χ0) is 15.3. The van der Waals surface area contributed by atoms with E-state index < -0.39 is 22.3 Å². The van der Waals surface area contributed by atoms with E-state index in [0.29, 0.717) is 12.3 Å². The number of rotatable bonds is 6. The van der Waals surface area contributed by atoms with Crippen LogP contribution in [0, 0.1) is 21.8 Å². The Bertz CT molecular complexity index is 508. The van der Waals surface area contributed by atoms with Crippen molar-refractivity contribution in [2.75, 3.05) is 5.88 Å². The number of hydrogen-bond donors (Lipinski definition) is 1. The van der Waals surface area contributed by atoms with Gasteiger partial charge in [-0.1, -0.05) is 13.8 Å². The molecule has 20 heavy (non-hydrogen) atoms. The van der Waals surface area contributed by atoms with Gasteiger partial charge < -0.3 is 5.32 Å². The van der Waals surface area contributed by atoms with Gasteiger partial charge in [0.05, 0.1) is 4.92 Å². The fourth-order valence-corrected chi connectivity index (χ4v) is 2.02. The summed E-state index contributed by atoms with van der Waals surface area (Å²) in [5, 5.41) is 13.5. The highest BCUT2D eigenvalue weighted by Gasteiger charge is 2.24. The van der Waals surface area contributed by atoms with Gasteiger partial charge in [0.15, 0.2) is 0 Å². The van der Waals surface area contributed by atoms with Crippen molar-refractivity contribution in [3.63, 3.8) is 0 Å². The summed E-state index contributed by atoms with van der Waals surface area (Å²) in [6, 6.07) is 2.58. The van der Waals surface area contributed by atoms with Crippen LogP contribution >= 0.6 is 11.6 Å². The van der Waals surface area contributed by atoms with Crippen LogP contribution in [-0.4, -0.2) is 22.8 Å². The summed E-state index contributed by atoms with van der Waals surface area (Å²) in [5.41, 5.74) is -0.701. The van der Waals surface area contributed by atoms with Gasteiger partial charge in [-0.3, -0.25) is 14.9 Å². The molecule has 1 amide bonds. The molecule has 0 bridgehead atoms. The zero-order valence-electron chi connectivity index (χ0n) is 11.2. The van der Waals surface area contributed by atoms with Gasteiger partial charge in [-0.2, -0.15) is 0 Å². The molecule has 0 heterocycles. The van der Waals surface area contributed by atoms with Crippen LogP contribution in [0.5, 0.6) is 0 Å². The van der Waals surface area contributed by atoms with Crippen molar-refractivity contribution in [2.45, 2.75) is 26.3 Å². The van der Waals surface area contributed by atoms with E-state index in [1.54, 1.807) is 0 Å². The molecule has 0 spiro atoms. The number of hydrogen-bond acceptors (Lipinski definition) is 3. The van der Waals surface area contributed by atoms with E-state index >= 15 is 0 Å². The minimum atomic E-state index is -0.708. The van der Waals surface area contributed by atoms with Crippen LogP contribution < -0.4 is 5.32 Å². The first-order valence-corrected chi connectivity index (χ1v) is 6.71. The van der Waals surface area contributed by atoms with Crippen molar-refractivity contribution in [3.05, 3.63) is 39.7 Å². The Morgan fingerprint density at radius 3 is 2.65 bits per heavy atom. The van der Waals surface area contributed by atoms with Crippen molar-refractivity contribution in [1.29, 1.82) is 0 Å². The predicted octanol–water partition coefficient (Wildman–Crippen LogP) is 3.12. The highest BCUT2D eigenvalue weighted by molar-refractivity contribution is 6.17. The normalized spacial score (nSPS) is 12.2. The molecule has 0 fully saturated rings. The molecule has 1 N–H and O–H groups in total. The third-order valence-electron chi connectivity index (χ3n) is 2.94. The van der Waals surface area contributed by atoms with Crippen LogP contribution in [0.1, 0.15) is 30.6 Å². The Labute approximate surface area is 121 Å². The lowest BCUT2D eigenvalue weighted by molar-refractivity contribution is -0.385. The van der Waals surface area contributed by atoms with Crippen molar-refractivity contribution in [2.24, 2.45) is 5.92 Å². The van der Waals surface area contributed by atoms with Crippen molar-refractivity contribution < 1.29 is 14.1 Å². The fraction of sp³-hybridized carbons (Fsp3) is 0.462. The lowest BCUT2D eigenvalue weighted by Gasteiger charge is -2.21. The second kappa shape index (κ2) is 7.19. The van der Waals surface area contributed by atoms with Crippen LogP contribution in [0.25, 0.3) is 0 Å². The molecule has 1 unspecified atom stereocenters. The molecule has 5 nitrogen and oxygen atoms in total. The lowest BCUT2D eigenvalue weighted by Crippen LogP contribution is -2.39. The van der Waals surface area contributed by atoms with E-state index in [0.717, 1.165) is 18.2 Å². The molecular formula is C13H16ClFN2O3. The fourth-order valence-electron chi connectivity index (χ4n) is 1.79. The summed E-state index contributed by atoms with van der Waals surface area (Å²) in [5.74, 6) is -0.890. The number of nitro benzene ring substituents is 1. The van der Waals surface area contributed by atoms with Crippen LogP contribution in [-0.2, 0) is 0 Å². The molecule has 110 valence electrons. The SMILES string of the molecule is CC(C)C(CCCl)NC(=O)c1cc(F)ccc1[N+](=O)[O-]. The first-order chi connectivity index (χ1) is 9.36. The van der Waals surface area contributed by atoms with Crippen molar-refractivity contribution >= 4 is 23.2 Å². The number of nitrogens with zero attached hydrogens (tertiary/aromatic N) is 1. The summed E-state index contributed by atoms with van der Waals surface area (Å²) in [6.07, 6.45) is 0.536. The molecule has 7 heteroatoms. The Morgan fingerprint density at radius 2 is 2.15 bits per heavy atom. The van der Waals surface area contributed by atoms with E-state index in [-0.39, 0.29) is 17.5 Å². The Morgan fingerprint density at radius 1 is 1.50 bits per heavy atom. The standard InChI is InChI=1S/C13H16ClFN2O3/c1-8(2)11(5-6-14)16-13(18)10-7-9(15)3-4-12(10)17(19)20/h3-4,7-8,11H,5-6H2,1-2H3,(H,16,18). The molecular weight excluding hydrogens is 287 g/mol. The molecule has 0 aliphatic heterocycles. The molecule has 0 radical (unpaired) electrons. The van der Waals surface area contributed by atoms with Crippen LogP contribution in [0.3, 0.4) is 0 Å². The molecule has 1 atom stereocenters. The minimum absolute atomic E-state index is 0.116. The van der Waals surface area contributed by atoms with E-state index in [9.17, 15) is 19.3 Å². The number of nitrogens with one attached hydrogen (secondary N) is 1. The Kier molecular flexibility index (Phi) is 5.88. The number of halogens is 2. The smallest absolute Gasteiger partial charge is 0.282 e. The quantitative estimate of drug-likeness (QED) is 0.498. The Balaban J connectivity index is 3.02. The van der Waals surface area contributed by atoms with Gasteiger partial charge >= 0.3 is 0 Å². The summed E-state index contributed by atoms with van der Waals surface area (Å²) < 4.78 is 13.2. The summed E-state index contributed by atoms with van der Waals surface area (Å²) in [7, 11) is 0. The third-order valence-corrected chi connectivity index (χ3v) is 3.16. The van der Waals surface area contributed by atoms with Gasteiger partial charge in [-0.05, 0) is 24.5 Å². The van der Waals surface area contributed by atoms with Crippen LogP contribution in [0.4, 0.5) is 10.1 Å². The van der Waals surface area contributed by atoms with Crippen LogP contribution in [0.2, 0.25) is 0 Å². The molecule has 0 saturated carbocycles. The second-order valence-corrected chi connectivity index (χ2v) is 5.10. The molecule has 0 saturated heterocycles. The summed E-state index contributed by atoms with van der Waals surface area (Å²) in [4.78, 5) is 22.2. The number of nitro groups is 1. The van der Waals surface area contributed by atoms with E-state index in [4.69, 9.17) is 11.6 Å². The van der Waals surface area contributed by atoms with E-state index in [2.05, 4.69) is 5.32 Å². The first kappa shape index (κ1) is 16.4. The number of amides is 1. The van der Waals surface area contributed by atoms with Gasteiger partial charge in [-0.15, -0.1) is 11.6 Å². The molecule has 0 aromatic heterocycles. The van der Waals surface area contributed by atoms with Gasteiger partial charge in [0, 0.05) is 18.0 Å². The predicted molar refractivity (Wildman–Crippen MR) is 74.5 cm³/mol. The van der Waals surface area contributed by atoms with Gasteiger partial charge in [0.25, 0.3) is 11.6 Å². The zero-order valence-corrected chi connectivity index (χ0v) is 12.0. The van der Waals surface area contributed by atoms with Gasteiger partial charge in [-0.25, -0.2) is 4.39 Å². The van der Waals surface area contributed by atoms with Gasteiger partial charge in [0.2, 0.25) is 0 Å². The average Bonchev–Trinajstić information content (AvgIpc) is 2.37. The maximum Gasteiger partial charge on any atom is 0.282 e. The topological polar surface area (TPSA) is 72.2 Å². The van der Waals surface area contributed by atoms with Crippen molar-refractivity contribution in [3.8, 4) is 0 Å². The van der Waals surface area contributed by atoms with Gasteiger partial charge in [0.1, 0.15) is 11.4 Å². The number of carbonyl (C=O) groups is 1. The largest absolute Gasteiger partial charge is 0.349 e. The van der Waals surface area contributed by atoms with Crippen LogP contribution in [0.15, 0.2) is 18.2 Å². The highest BCUT2D eigenvalue weighted by atomic mass is 35.5. The van der Waals surface area contributed by atoms with E-state index in [1.165, 1.54) is 0 Å². The van der Waals surface area contributed by atoms with Crippen molar-refractivity contribution in [1.82, 2.24) is 5.32 Å². The minimum Gasteiger partial charge on any atom is -0.349 e. The summed E-state index contributed by atoms with van der Waals surface area (Å²) >= 11 is 5.66. The second-order valence-electron chi connectivity index (χ2n) is 4.72. The summed E-state index contributed by atoms with van der Waals surface area (Å²) in [6.45, 7) is 3.80. The maximum absolute atomic E-state index is 13.2. The first-order valence-electron chi connectivity index (χ1n) is 6.17. The third kappa shape index (κ3) is 4.16. The number of carbonyl (C=O) groups excluding carboxylic acids is 1. The Hall–Kier alpha value is -1.69. The number of benzene rings is 1. The van der Waals surface area contributed by atoms with E-state index in [1.807, 2.05) is 13.8 Å². The average molecular weight is 303 g/mol. The molecule has 1 aromatic rings. The molecule has 1 aromatic carbocycles. The lowest BCUT2D eigenvalue weighted by atomic mass is 10.0.